The van der Waals surface area contributed by atoms with E-state index in [1.54, 1.807) is 0 Å². The molecule has 0 aliphatic rings. The lowest BCUT2D eigenvalue weighted by Crippen LogP contribution is -2.21. The summed E-state index contributed by atoms with van der Waals surface area (Å²) in [4.78, 5) is 1.89. The second-order valence-corrected chi connectivity index (χ2v) is 4.48. The molecule has 18 heavy (non-hydrogen) atoms. The van der Waals surface area contributed by atoms with E-state index in [1.807, 2.05) is 36.2 Å². The molecule has 1 aromatic carbocycles. The van der Waals surface area contributed by atoms with Gasteiger partial charge in [-0.2, -0.15) is 13.2 Å². The summed E-state index contributed by atoms with van der Waals surface area (Å²) in [6, 6.07) is 7.80. The van der Waals surface area contributed by atoms with Crippen molar-refractivity contribution in [2.24, 2.45) is 5.73 Å². The second-order valence-electron chi connectivity index (χ2n) is 4.48. The Morgan fingerprint density at radius 3 is 2.50 bits per heavy atom. The van der Waals surface area contributed by atoms with Crippen molar-refractivity contribution in [1.82, 2.24) is 4.90 Å². The third kappa shape index (κ3) is 6.02. The maximum Gasteiger partial charge on any atom is 0.389 e. The highest BCUT2D eigenvalue weighted by atomic mass is 19.4. The molecule has 1 aromatic rings. The number of rotatable bonds is 6. The zero-order chi connectivity index (χ0) is 13.6. The van der Waals surface area contributed by atoms with Crippen LogP contribution in [0.15, 0.2) is 24.3 Å². The van der Waals surface area contributed by atoms with Gasteiger partial charge >= 0.3 is 6.18 Å². The van der Waals surface area contributed by atoms with E-state index in [0.29, 0.717) is 19.6 Å². The first kappa shape index (κ1) is 15.0. The molecule has 0 saturated carbocycles. The molecule has 102 valence electrons. The van der Waals surface area contributed by atoms with E-state index in [9.17, 15) is 13.2 Å². The number of nitrogens with zero attached hydrogens (tertiary/aromatic N) is 1. The third-order valence-corrected chi connectivity index (χ3v) is 2.68. The molecule has 2 nitrogen and oxygen atoms in total. The molecule has 0 spiro atoms. The van der Waals surface area contributed by atoms with Gasteiger partial charge in [0.25, 0.3) is 0 Å². The first-order valence-electron chi connectivity index (χ1n) is 5.94. The Balaban J connectivity index is 2.37. The van der Waals surface area contributed by atoms with E-state index < -0.39 is 12.6 Å². The first-order chi connectivity index (χ1) is 8.40. The average Bonchev–Trinajstić information content (AvgIpc) is 2.27. The zero-order valence-electron chi connectivity index (χ0n) is 10.5. The van der Waals surface area contributed by atoms with Crippen molar-refractivity contribution in [2.45, 2.75) is 32.1 Å². The van der Waals surface area contributed by atoms with Gasteiger partial charge in [0.05, 0.1) is 0 Å². The summed E-state index contributed by atoms with van der Waals surface area (Å²) in [6.07, 6.45) is -4.64. The lowest BCUT2D eigenvalue weighted by Gasteiger charge is -2.17. The van der Waals surface area contributed by atoms with E-state index in [2.05, 4.69) is 0 Å². The van der Waals surface area contributed by atoms with Gasteiger partial charge in [0, 0.05) is 19.5 Å². The molecule has 0 radical (unpaired) electrons. The summed E-state index contributed by atoms with van der Waals surface area (Å²) >= 11 is 0. The molecule has 0 aliphatic carbocycles. The molecule has 0 saturated heterocycles. The van der Waals surface area contributed by atoms with E-state index in [-0.39, 0.29) is 6.42 Å². The smallest absolute Gasteiger partial charge is 0.326 e. The van der Waals surface area contributed by atoms with Gasteiger partial charge < -0.3 is 10.6 Å². The van der Waals surface area contributed by atoms with E-state index >= 15 is 0 Å². The van der Waals surface area contributed by atoms with E-state index in [1.165, 1.54) is 0 Å². The average molecular weight is 260 g/mol. The van der Waals surface area contributed by atoms with Gasteiger partial charge in [0.15, 0.2) is 0 Å². The van der Waals surface area contributed by atoms with Gasteiger partial charge in [-0.3, -0.25) is 0 Å². The number of benzene rings is 1. The molecule has 0 amide bonds. The molecule has 0 aliphatic heterocycles. The van der Waals surface area contributed by atoms with Crippen LogP contribution < -0.4 is 5.73 Å². The van der Waals surface area contributed by atoms with Crippen LogP contribution in [0.2, 0.25) is 0 Å². The number of halogens is 3. The number of alkyl halides is 3. The van der Waals surface area contributed by atoms with Crippen LogP contribution in [0.25, 0.3) is 0 Å². The second kappa shape index (κ2) is 6.75. The summed E-state index contributed by atoms with van der Waals surface area (Å²) in [6.45, 7) is 1.56. The van der Waals surface area contributed by atoms with Gasteiger partial charge in [0.2, 0.25) is 0 Å². The Labute approximate surface area is 106 Å². The summed E-state index contributed by atoms with van der Waals surface area (Å²) in [5, 5.41) is 0. The number of nitrogens with two attached hydrogens (primary N) is 1. The largest absolute Gasteiger partial charge is 0.389 e. The van der Waals surface area contributed by atoms with Crippen LogP contribution in [-0.4, -0.2) is 24.7 Å². The molecular weight excluding hydrogens is 241 g/mol. The normalized spacial score (nSPS) is 12.1. The SMILES string of the molecule is CN(CCCC(F)(F)F)Cc1cccc(CN)c1. The molecule has 0 heterocycles. The van der Waals surface area contributed by atoms with Crippen LogP contribution in [0.3, 0.4) is 0 Å². The lowest BCUT2D eigenvalue weighted by atomic mass is 10.1. The minimum absolute atomic E-state index is 0.135. The molecule has 0 aromatic heterocycles. The van der Waals surface area contributed by atoms with Gasteiger partial charge in [-0.15, -0.1) is 0 Å². The lowest BCUT2D eigenvalue weighted by molar-refractivity contribution is -0.136. The summed E-state index contributed by atoms with van der Waals surface area (Å²) in [7, 11) is 1.82. The van der Waals surface area contributed by atoms with Crippen LogP contribution in [-0.2, 0) is 13.1 Å². The fourth-order valence-corrected chi connectivity index (χ4v) is 1.80. The monoisotopic (exact) mass is 260 g/mol. The molecule has 0 atom stereocenters. The van der Waals surface area contributed by atoms with Crippen molar-refractivity contribution in [3.05, 3.63) is 35.4 Å². The molecule has 1 rings (SSSR count). The number of hydrogen-bond donors (Lipinski definition) is 1. The molecule has 2 N–H and O–H groups in total. The quantitative estimate of drug-likeness (QED) is 0.852. The highest BCUT2D eigenvalue weighted by Crippen LogP contribution is 2.21. The van der Waals surface area contributed by atoms with Gasteiger partial charge in [-0.05, 0) is 31.1 Å². The van der Waals surface area contributed by atoms with Crippen LogP contribution in [0.4, 0.5) is 13.2 Å². The number of hydrogen-bond acceptors (Lipinski definition) is 2. The minimum atomic E-state index is -4.06. The maximum atomic E-state index is 12.0. The highest BCUT2D eigenvalue weighted by molar-refractivity contribution is 5.23. The van der Waals surface area contributed by atoms with Crippen molar-refractivity contribution in [1.29, 1.82) is 0 Å². The van der Waals surface area contributed by atoms with Crippen LogP contribution in [0.5, 0.6) is 0 Å². The first-order valence-corrected chi connectivity index (χ1v) is 5.94. The van der Waals surface area contributed by atoms with E-state index in [0.717, 1.165) is 11.1 Å². The third-order valence-electron chi connectivity index (χ3n) is 2.68. The molecule has 0 fully saturated rings. The van der Waals surface area contributed by atoms with Crippen molar-refractivity contribution >= 4 is 0 Å². The van der Waals surface area contributed by atoms with Crippen molar-refractivity contribution in [2.75, 3.05) is 13.6 Å². The Bertz CT molecular complexity index is 363. The molecule has 0 unspecified atom stereocenters. The molecular formula is C13H19F3N2. The van der Waals surface area contributed by atoms with Crippen molar-refractivity contribution in [3.63, 3.8) is 0 Å². The van der Waals surface area contributed by atoms with Gasteiger partial charge in [-0.25, -0.2) is 0 Å². The topological polar surface area (TPSA) is 29.3 Å². The predicted molar refractivity (Wildman–Crippen MR) is 66.0 cm³/mol. The van der Waals surface area contributed by atoms with E-state index in [4.69, 9.17) is 5.73 Å². The molecule has 5 heteroatoms. The van der Waals surface area contributed by atoms with Crippen molar-refractivity contribution in [3.8, 4) is 0 Å². The predicted octanol–water partition coefficient (Wildman–Crippen LogP) is 2.92. The van der Waals surface area contributed by atoms with Crippen molar-refractivity contribution < 1.29 is 13.2 Å². The molecule has 0 bridgehead atoms. The minimum Gasteiger partial charge on any atom is -0.326 e. The standard InChI is InChI=1S/C13H19F3N2/c1-18(7-3-6-13(14,15)16)10-12-5-2-4-11(8-12)9-17/h2,4-5,8H,3,6-7,9-10,17H2,1H3. The zero-order valence-corrected chi connectivity index (χ0v) is 10.5. The Kier molecular flexibility index (Phi) is 5.62. The van der Waals surface area contributed by atoms with Crippen LogP contribution >= 0.6 is 0 Å². The maximum absolute atomic E-state index is 12.0. The fourth-order valence-electron chi connectivity index (χ4n) is 1.80. The summed E-state index contributed by atoms with van der Waals surface area (Å²) in [5.41, 5.74) is 7.65. The van der Waals surface area contributed by atoms with Gasteiger partial charge in [0.1, 0.15) is 0 Å². The Hall–Kier alpha value is -1.07. The highest BCUT2D eigenvalue weighted by Gasteiger charge is 2.26. The van der Waals surface area contributed by atoms with Crippen LogP contribution in [0, 0.1) is 0 Å². The summed E-state index contributed by atoms with van der Waals surface area (Å²) < 4.78 is 36.0. The Morgan fingerprint density at radius 2 is 1.89 bits per heavy atom. The van der Waals surface area contributed by atoms with Crippen LogP contribution in [0.1, 0.15) is 24.0 Å². The Morgan fingerprint density at radius 1 is 1.22 bits per heavy atom. The summed E-state index contributed by atoms with van der Waals surface area (Å²) in [5.74, 6) is 0. The van der Waals surface area contributed by atoms with Gasteiger partial charge in [-0.1, -0.05) is 24.3 Å². The fraction of sp³-hybridized carbons (Fsp3) is 0.538.